The van der Waals surface area contributed by atoms with Crippen molar-refractivity contribution in [2.75, 3.05) is 6.61 Å². The molecule has 0 unspecified atom stereocenters. The molecule has 0 heterocycles. The van der Waals surface area contributed by atoms with Crippen molar-refractivity contribution >= 4 is 0 Å². The molecule has 0 spiro atoms. The fourth-order valence-electron chi connectivity index (χ4n) is 1.39. The van der Waals surface area contributed by atoms with Gasteiger partial charge in [0.15, 0.2) is 0 Å². The average molecular weight is 170 g/mol. The third kappa shape index (κ3) is 3.29. The van der Waals surface area contributed by atoms with Gasteiger partial charge in [0, 0.05) is 0 Å². The second-order valence-corrected chi connectivity index (χ2v) is 3.18. The highest BCUT2D eigenvalue weighted by Crippen LogP contribution is 2.31. The quantitative estimate of drug-likeness (QED) is 0.552. The van der Waals surface area contributed by atoms with Crippen molar-refractivity contribution in [3.8, 4) is 0 Å². The molecule has 0 N–H and O–H groups in total. The van der Waals surface area contributed by atoms with E-state index in [2.05, 4.69) is 26.8 Å². The zero-order chi connectivity index (χ0) is 9.45. The van der Waals surface area contributed by atoms with E-state index in [0.717, 1.165) is 6.61 Å². The van der Waals surface area contributed by atoms with Crippen molar-refractivity contribution in [1.82, 2.24) is 0 Å². The van der Waals surface area contributed by atoms with Crippen LogP contribution in [-0.2, 0) is 4.74 Å². The third-order valence-corrected chi connectivity index (χ3v) is 2.80. The van der Waals surface area contributed by atoms with Crippen molar-refractivity contribution in [1.29, 1.82) is 0 Å². The second kappa shape index (κ2) is 6.10. The Morgan fingerprint density at radius 2 is 1.50 bits per heavy atom. The van der Waals surface area contributed by atoms with E-state index in [4.69, 9.17) is 4.74 Å². The number of ether oxygens (including phenoxy) is 1. The summed E-state index contributed by atoms with van der Waals surface area (Å²) in [6.45, 7) is 9.50. The van der Waals surface area contributed by atoms with Crippen molar-refractivity contribution in [3.63, 3.8) is 0 Å². The lowest BCUT2D eigenvalue weighted by Crippen LogP contribution is -2.13. The Morgan fingerprint density at radius 3 is 1.83 bits per heavy atom. The van der Waals surface area contributed by atoms with Gasteiger partial charge in [-0.25, -0.2) is 0 Å². The van der Waals surface area contributed by atoms with Crippen molar-refractivity contribution in [3.05, 3.63) is 12.3 Å². The van der Waals surface area contributed by atoms with Crippen LogP contribution in [0.25, 0.3) is 0 Å². The minimum absolute atomic E-state index is 0.370. The van der Waals surface area contributed by atoms with Crippen LogP contribution in [0.5, 0.6) is 0 Å². The summed E-state index contributed by atoms with van der Waals surface area (Å²) in [4.78, 5) is 0. The second-order valence-electron chi connectivity index (χ2n) is 3.18. The number of rotatable bonds is 6. The van der Waals surface area contributed by atoms with Crippen LogP contribution in [0.15, 0.2) is 12.3 Å². The molecule has 0 aliphatic rings. The van der Waals surface area contributed by atoms with Crippen LogP contribution in [0, 0.1) is 5.41 Å². The van der Waals surface area contributed by atoms with Gasteiger partial charge in [-0.3, -0.25) is 0 Å². The van der Waals surface area contributed by atoms with Crippen LogP contribution < -0.4 is 0 Å². The molecule has 0 aromatic rings. The van der Waals surface area contributed by atoms with Gasteiger partial charge >= 0.3 is 0 Å². The highest BCUT2D eigenvalue weighted by atomic mass is 16.5. The average Bonchev–Trinajstić information content (AvgIpc) is 2.14. The molecule has 0 amide bonds. The molecule has 72 valence electrons. The summed E-state index contributed by atoms with van der Waals surface area (Å²) in [5.74, 6) is 0. The molecule has 0 saturated heterocycles. The van der Waals surface area contributed by atoms with Crippen molar-refractivity contribution < 1.29 is 4.74 Å². The van der Waals surface area contributed by atoms with E-state index < -0.39 is 0 Å². The summed E-state index contributed by atoms with van der Waals surface area (Å²) >= 11 is 0. The highest BCUT2D eigenvalue weighted by Gasteiger charge is 2.19. The Balaban J connectivity index is 4.09. The summed E-state index contributed by atoms with van der Waals surface area (Å²) in [7, 11) is 0. The first-order chi connectivity index (χ1) is 5.74. The van der Waals surface area contributed by atoms with Gasteiger partial charge in [-0.2, -0.15) is 0 Å². The normalized spacial score (nSPS) is 12.3. The molecule has 1 nitrogen and oxygen atoms in total. The third-order valence-electron chi connectivity index (χ3n) is 2.80. The predicted molar refractivity (Wildman–Crippen MR) is 54.1 cm³/mol. The number of hydrogen-bond acceptors (Lipinski definition) is 1. The zero-order valence-electron chi connectivity index (χ0n) is 8.89. The lowest BCUT2D eigenvalue weighted by molar-refractivity contribution is 0.253. The van der Waals surface area contributed by atoms with E-state index >= 15 is 0 Å². The van der Waals surface area contributed by atoms with Crippen molar-refractivity contribution in [2.24, 2.45) is 5.41 Å². The summed E-state index contributed by atoms with van der Waals surface area (Å²) < 4.78 is 5.21. The first-order valence-electron chi connectivity index (χ1n) is 5.04. The largest absolute Gasteiger partial charge is 0.502 e. The maximum absolute atomic E-state index is 5.21. The van der Waals surface area contributed by atoms with Crippen LogP contribution in [0.4, 0.5) is 0 Å². The molecule has 0 bridgehead atoms. The minimum atomic E-state index is 0.370. The molecule has 0 aromatic heterocycles. The van der Waals surface area contributed by atoms with Gasteiger partial charge in [-0.15, -0.1) is 0 Å². The standard InChI is InChI=1S/C11H22O/c1-5-11(6-2,7-3)9-10-12-8-4/h9-10H,5-8H2,1-4H3. The monoisotopic (exact) mass is 170 g/mol. The van der Waals surface area contributed by atoms with Gasteiger partial charge in [0.25, 0.3) is 0 Å². The van der Waals surface area contributed by atoms with Gasteiger partial charge in [0.1, 0.15) is 0 Å². The molecule has 0 aromatic carbocycles. The Kier molecular flexibility index (Phi) is 5.87. The summed E-state index contributed by atoms with van der Waals surface area (Å²) in [5.41, 5.74) is 0.370. The number of allylic oxidation sites excluding steroid dienone is 1. The van der Waals surface area contributed by atoms with Gasteiger partial charge in [-0.1, -0.05) is 20.8 Å². The molecule has 12 heavy (non-hydrogen) atoms. The van der Waals surface area contributed by atoms with Gasteiger partial charge in [-0.05, 0) is 37.7 Å². The van der Waals surface area contributed by atoms with E-state index in [1.807, 2.05) is 13.2 Å². The van der Waals surface area contributed by atoms with Crippen LogP contribution in [0.2, 0.25) is 0 Å². The van der Waals surface area contributed by atoms with E-state index in [0.29, 0.717) is 5.41 Å². The first-order valence-corrected chi connectivity index (χ1v) is 5.04. The fraction of sp³-hybridized carbons (Fsp3) is 0.818. The lowest BCUT2D eigenvalue weighted by Gasteiger charge is -2.25. The molecular weight excluding hydrogens is 148 g/mol. The first kappa shape index (κ1) is 11.5. The summed E-state index contributed by atoms with van der Waals surface area (Å²) in [6.07, 6.45) is 7.67. The predicted octanol–water partition coefficient (Wildman–Crippen LogP) is 3.75. The SMILES string of the molecule is CCOC=CC(CC)(CC)CC. The Morgan fingerprint density at radius 1 is 1.00 bits per heavy atom. The van der Waals surface area contributed by atoms with Crippen LogP contribution in [0.3, 0.4) is 0 Å². The molecule has 1 heteroatoms. The molecule has 0 rings (SSSR count). The van der Waals surface area contributed by atoms with E-state index in [1.54, 1.807) is 0 Å². The zero-order valence-corrected chi connectivity index (χ0v) is 8.89. The Hall–Kier alpha value is -0.460. The molecule has 0 saturated carbocycles. The van der Waals surface area contributed by atoms with Crippen LogP contribution in [0.1, 0.15) is 47.0 Å². The van der Waals surface area contributed by atoms with Gasteiger partial charge < -0.3 is 4.74 Å². The van der Waals surface area contributed by atoms with Crippen molar-refractivity contribution in [2.45, 2.75) is 47.0 Å². The van der Waals surface area contributed by atoms with Gasteiger partial charge in [0.05, 0.1) is 12.9 Å². The molecule has 0 aliphatic carbocycles. The molecule has 0 fully saturated rings. The highest BCUT2D eigenvalue weighted by molar-refractivity contribution is 4.94. The minimum Gasteiger partial charge on any atom is -0.502 e. The Labute approximate surface area is 76.8 Å². The fourth-order valence-corrected chi connectivity index (χ4v) is 1.39. The van der Waals surface area contributed by atoms with Crippen LogP contribution in [-0.4, -0.2) is 6.61 Å². The molecule has 0 radical (unpaired) electrons. The van der Waals surface area contributed by atoms with E-state index in [1.165, 1.54) is 19.3 Å². The molecular formula is C11H22O. The van der Waals surface area contributed by atoms with Gasteiger partial charge in [0.2, 0.25) is 0 Å². The van der Waals surface area contributed by atoms with E-state index in [-0.39, 0.29) is 0 Å². The smallest absolute Gasteiger partial charge is 0.0845 e. The van der Waals surface area contributed by atoms with E-state index in [9.17, 15) is 0 Å². The van der Waals surface area contributed by atoms with Crippen LogP contribution >= 0.6 is 0 Å². The maximum atomic E-state index is 5.21. The molecule has 0 aliphatic heterocycles. The molecule has 0 atom stereocenters. The topological polar surface area (TPSA) is 9.23 Å². The number of hydrogen-bond donors (Lipinski definition) is 0. The lowest BCUT2D eigenvalue weighted by atomic mass is 9.80. The summed E-state index contributed by atoms with van der Waals surface area (Å²) in [6, 6.07) is 0. The maximum Gasteiger partial charge on any atom is 0.0845 e. The summed E-state index contributed by atoms with van der Waals surface area (Å²) in [5, 5.41) is 0. The Bertz CT molecular complexity index is 115.